The number of hydrogen-bond acceptors (Lipinski definition) is 8. The van der Waals surface area contributed by atoms with Crippen LogP contribution in [-0.2, 0) is 11.4 Å². The molecule has 0 aliphatic carbocycles. The molecule has 1 fully saturated rings. The highest BCUT2D eigenvalue weighted by atomic mass is 32.2. The first kappa shape index (κ1) is 27.4. The van der Waals surface area contributed by atoms with E-state index >= 15 is 0 Å². The summed E-state index contributed by atoms with van der Waals surface area (Å²) < 4.78 is 11.7. The summed E-state index contributed by atoms with van der Waals surface area (Å²) in [5, 5.41) is 20.7. The van der Waals surface area contributed by atoms with Crippen LogP contribution in [-0.4, -0.2) is 45.6 Å². The van der Waals surface area contributed by atoms with E-state index in [0.717, 1.165) is 11.1 Å². The van der Waals surface area contributed by atoms with E-state index < -0.39 is 10.9 Å². The molecule has 4 rings (SSSR count). The quantitative estimate of drug-likeness (QED) is 0.202. The molecule has 0 aromatic heterocycles. The number of benzene rings is 3. The number of carboxylic acid groups (broad SMARTS) is 1. The highest BCUT2D eigenvalue weighted by molar-refractivity contribution is 8.18. The van der Waals surface area contributed by atoms with Crippen LogP contribution in [0.1, 0.15) is 34.0 Å². The Morgan fingerprint density at radius 2 is 1.87 bits per heavy atom. The van der Waals surface area contributed by atoms with E-state index in [2.05, 4.69) is 4.99 Å². The van der Waals surface area contributed by atoms with E-state index in [4.69, 9.17) is 9.47 Å². The maximum atomic E-state index is 12.9. The van der Waals surface area contributed by atoms with E-state index in [1.54, 1.807) is 62.5 Å². The number of nitrogens with zero attached hydrogens (tertiary/aromatic N) is 3. The van der Waals surface area contributed by atoms with Crippen molar-refractivity contribution in [3.8, 4) is 11.5 Å². The molecule has 39 heavy (non-hydrogen) atoms. The van der Waals surface area contributed by atoms with E-state index in [-0.39, 0.29) is 23.8 Å². The minimum atomic E-state index is -1.04. The van der Waals surface area contributed by atoms with Gasteiger partial charge in [-0.25, -0.2) is 9.79 Å². The van der Waals surface area contributed by atoms with Gasteiger partial charge in [0.15, 0.2) is 16.7 Å². The van der Waals surface area contributed by atoms with Gasteiger partial charge in [-0.1, -0.05) is 12.1 Å². The maximum absolute atomic E-state index is 12.9. The van der Waals surface area contributed by atoms with Gasteiger partial charge in [-0.2, -0.15) is 0 Å². The number of nitro groups is 1. The van der Waals surface area contributed by atoms with Crippen LogP contribution >= 0.6 is 11.8 Å². The van der Waals surface area contributed by atoms with Crippen LogP contribution in [0, 0.1) is 17.0 Å². The third kappa shape index (κ3) is 6.27. The number of non-ortho nitro benzene ring substituents is 1. The summed E-state index contributed by atoms with van der Waals surface area (Å²) in [5.41, 5.74) is 2.64. The summed E-state index contributed by atoms with van der Waals surface area (Å²) in [6, 6.07) is 16.3. The van der Waals surface area contributed by atoms with Gasteiger partial charge >= 0.3 is 5.97 Å². The molecular weight excluding hydrogens is 522 g/mol. The van der Waals surface area contributed by atoms with Gasteiger partial charge in [0.25, 0.3) is 11.6 Å². The predicted octanol–water partition coefficient (Wildman–Crippen LogP) is 5.81. The lowest BCUT2D eigenvalue weighted by molar-refractivity contribution is -0.384. The number of aromatic carboxylic acids is 1. The number of hydrogen-bond donors (Lipinski definition) is 1. The lowest BCUT2D eigenvalue weighted by atomic mass is 10.1. The fourth-order valence-electron chi connectivity index (χ4n) is 3.76. The molecule has 11 heteroatoms. The normalized spacial score (nSPS) is 15.2. The number of carbonyl (C=O) groups is 2. The Morgan fingerprint density at radius 1 is 1.13 bits per heavy atom. The van der Waals surface area contributed by atoms with Crippen molar-refractivity contribution in [1.82, 2.24) is 4.90 Å². The Morgan fingerprint density at radius 3 is 2.54 bits per heavy atom. The molecule has 1 aliphatic rings. The first-order valence-corrected chi connectivity index (χ1v) is 12.7. The molecule has 1 saturated heterocycles. The first-order chi connectivity index (χ1) is 18.7. The monoisotopic (exact) mass is 547 g/mol. The fourth-order valence-corrected chi connectivity index (χ4v) is 4.74. The zero-order valence-corrected chi connectivity index (χ0v) is 22.2. The number of carbonyl (C=O) groups excluding carboxylic acids is 1. The maximum Gasteiger partial charge on any atom is 0.336 e. The number of thioether (sulfide) groups is 1. The summed E-state index contributed by atoms with van der Waals surface area (Å²) in [5.74, 6) is -0.283. The third-order valence-corrected chi connectivity index (χ3v) is 6.92. The molecule has 0 bridgehead atoms. The zero-order valence-electron chi connectivity index (χ0n) is 21.4. The van der Waals surface area contributed by atoms with Gasteiger partial charge in [-0.15, -0.1) is 0 Å². The molecule has 10 nitrogen and oxygen atoms in total. The average Bonchev–Trinajstić information content (AvgIpc) is 3.17. The number of carboxylic acids is 1. The van der Waals surface area contributed by atoms with Crippen LogP contribution in [0.25, 0.3) is 6.08 Å². The minimum absolute atomic E-state index is 0.00763. The SMILES string of the molecule is CCOc1cc(/C=C2\SC(=Nc3cccc(C(=O)O)c3C)N(C)C2=O)ccc1OCc1ccc([N+](=O)[O-])cc1. The Kier molecular flexibility index (Phi) is 8.30. The second-order valence-corrected chi connectivity index (χ2v) is 9.48. The number of nitro benzene ring substituents is 1. The molecular formula is C28H25N3O7S. The summed E-state index contributed by atoms with van der Waals surface area (Å²) in [7, 11) is 1.62. The third-order valence-electron chi connectivity index (χ3n) is 5.86. The van der Waals surface area contributed by atoms with Crippen molar-refractivity contribution < 1.29 is 29.1 Å². The Balaban J connectivity index is 1.54. The Labute approximate surface area is 228 Å². The highest BCUT2D eigenvalue weighted by Gasteiger charge is 2.30. The molecule has 1 N–H and O–H groups in total. The van der Waals surface area contributed by atoms with E-state index in [1.165, 1.54) is 34.9 Å². The second kappa shape index (κ2) is 11.8. The molecule has 0 atom stereocenters. The van der Waals surface area contributed by atoms with E-state index in [1.807, 2.05) is 6.92 Å². The number of amidine groups is 1. The summed E-state index contributed by atoms with van der Waals surface area (Å²) in [6.45, 7) is 4.12. The molecule has 0 saturated carbocycles. The van der Waals surface area contributed by atoms with Crippen molar-refractivity contribution in [1.29, 1.82) is 0 Å². The standard InChI is InChI=1S/C28H25N3O7S/c1-4-37-24-14-19(10-13-23(24)38-16-18-8-11-20(12-9-18)31(35)36)15-25-26(32)30(3)28(39-25)29-22-7-5-6-21(17(22)2)27(33)34/h5-15H,4,16H2,1-3H3,(H,33,34)/b25-15-,29-28?. The van der Waals surface area contributed by atoms with Gasteiger partial charge in [0, 0.05) is 19.2 Å². The van der Waals surface area contributed by atoms with Gasteiger partial charge in [-0.3, -0.25) is 19.8 Å². The van der Waals surface area contributed by atoms with Crippen molar-refractivity contribution in [2.24, 2.45) is 4.99 Å². The van der Waals surface area contributed by atoms with Gasteiger partial charge in [-0.05, 0) is 84.8 Å². The van der Waals surface area contributed by atoms with Crippen LogP contribution < -0.4 is 9.47 Å². The number of rotatable bonds is 9. The van der Waals surface area contributed by atoms with Gasteiger partial charge in [0.2, 0.25) is 0 Å². The summed E-state index contributed by atoms with van der Waals surface area (Å²) in [4.78, 5) is 41.2. The lowest BCUT2D eigenvalue weighted by Crippen LogP contribution is -2.23. The average molecular weight is 548 g/mol. The van der Waals surface area contributed by atoms with Crippen molar-refractivity contribution in [3.05, 3.63) is 97.9 Å². The van der Waals surface area contributed by atoms with Gasteiger partial charge < -0.3 is 14.6 Å². The predicted molar refractivity (Wildman–Crippen MR) is 149 cm³/mol. The van der Waals surface area contributed by atoms with Crippen LogP contribution in [0.2, 0.25) is 0 Å². The van der Waals surface area contributed by atoms with Crippen LogP contribution in [0.3, 0.4) is 0 Å². The largest absolute Gasteiger partial charge is 0.490 e. The molecule has 200 valence electrons. The summed E-state index contributed by atoms with van der Waals surface area (Å²) in [6.07, 6.45) is 1.73. The molecule has 1 heterocycles. The smallest absolute Gasteiger partial charge is 0.336 e. The van der Waals surface area contributed by atoms with Crippen molar-refractivity contribution in [2.75, 3.05) is 13.7 Å². The Bertz CT molecular complexity index is 1500. The topological polar surface area (TPSA) is 132 Å². The zero-order chi connectivity index (χ0) is 28.1. The number of aliphatic imine (C=N–C) groups is 1. The minimum Gasteiger partial charge on any atom is -0.490 e. The molecule has 0 unspecified atom stereocenters. The van der Waals surface area contributed by atoms with Gasteiger partial charge in [0.1, 0.15) is 6.61 Å². The highest BCUT2D eigenvalue weighted by Crippen LogP contribution is 2.36. The van der Waals surface area contributed by atoms with Crippen LogP contribution in [0.15, 0.2) is 70.6 Å². The van der Waals surface area contributed by atoms with E-state index in [0.29, 0.717) is 39.4 Å². The van der Waals surface area contributed by atoms with E-state index in [9.17, 15) is 24.8 Å². The second-order valence-electron chi connectivity index (χ2n) is 8.48. The molecule has 0 radical (unpaired) electrons. The van der Waals surface area contributed by atoms with Crippen molar-refractivity contribution in [2.45, 2.75) is 20.5 Å². The molecule has 3 aromatic carbocycles. The molecule has 0 spiro atoms. The number of ether oxygens (including phenoxy) is 2. The number of amides is 1. The summed E-state index contributed by atoms with van der Waals surface area (Å²) >= 11 is 1.19. The molecule has 1 amide bonds. The molecule has 3 aromatic rings. The van der Waals surface area contributed by atoms with Crippen molar-refractivity contribution >= 4 is 46.3 Å². The van der Waals surface area contributed by atoms with Gasteiger partial charge in [0.05, 0.1) is 27.7 Å². The fraction of sp³-hybridized carbons (Fsp3) is 0.179. The first-order valence-electron chi connectivity index (χ1n) is 11.9. The Hall–Kier alpha value is -4.64. The molecule has 1 aliphatic heterocycles. The van der Waals surface area contributed by atoms with Crippen LogP contribution in [0.4, 0.5) is 11.4 Å². The lowest BCUT2D eigenvalue weighted by Gasteiger charge is -2.13. The van der Waals surface area contributed by atoms with Crippen molar-refractivity contribution in [3.63, 3.8) is 0 Å². The van der Waals surface area contributed by atoms with Crippen LogP contribution in [0.5, 0.6) is 11.5 Å². The number of likely N-dealkylation sites (N-methyl/N-ethyl adjacent to an activating group) is 1.